The summed E-state index contributed by atoms with van der Waals surface area (Å²) in [4.78, 5) is 14.1. The number of hydrogen-bond donors (Lipinski definition) is 1. The molecule has 0 radical (unpaired) electrons. The zero-order valence-electron chi connectivity index (χ0n) is 9.21. The van der Waals surface area contributed by atoms with E-state index in [9.17, 15) is 4.79 Å². The molecule has 17 heavy (non-hydrogen) atoms. The van der Waals surface area contributed by atoms with Gasteiger partial charge in [-0.2, -0.15) is 0 Å². The van der Waals surface area contributed by atoms with Crippen LogP contribution in [0.4, 0.5) is 0 Å². The molecule has 0 spiro atoms. The highest BCUT2D eigenvalue weighted by molar-refractivity contribution is 8.26. The van der Waals surface area contributed by atoms with Gasteiger partial charge in [0.1, 0.15) is 10.1 Å². The molecule has 1 aliphatic rings. The second-order valence-corrected chi connectivity index (χ2v) is 5.19. The van der Waals surface area contributed by atoms with Crippen LogP contribution in [0.15, 0.2) is 29.2 Å². The summed E-state index contributed by atoms with van der Waals surface area (Å²) in [7, 11) is 0. The molecule has 2 rings (SSSR count). The Labute approximate surface area is 109 Å². The van der Waals surface area contributed by atoms with Crippen LogP contribution in [0.25, 0.3) is 6.08 Å². The van der Waals surface area contributed by atoms with Crippen LogP contribution in [0.3, 0.4) is 0 Å². The number of carbonyl (C=O) groups excluding carboxylic acids is 1. The zero-order valence-corrected chi connectivity index (χ0v) is 10.8. The molecule has 0 aromatic heterocycles. The van der Waals surface area contributed by atoms with E-state index in [0.717, 1.165) is 5.56 Å². The van der Waals surface area contributed by atoms with Gasteiger partial charge in [0.25, 0.3) is 5.91 Å². The maximum Gasteiger partial charge on any atom is 0.266 e. The van der Waals surface area contributed by atoms with Crippen molar-refractivity contribution in [1.82, 2.24) is 4.90 Å². The van der Waals surface area contributed by atoms with E-state index in [-0.39, 0.29) is 11.7 Å². The number of thiocarbonyl (C=S) groups is 1. The first-order chi connectivity index (χ1) is 8.11. The van der Waals surface area contributed by atoms with E-state index in [0.29, 0.717) is 15.8 Å². The van der Waals surface area contributed by atoms with Crippen LogP contribution < -0.4 is 0 Å². The van der Waals surface area contributed by atoms with E-state index in [1.54, 1.807) is 35.2 Å². The first kappa shape index (κ1) is 12.1. The fraction of sp³-hybridized carbons (Fsp3) is 0.167. The summed E-state index contributed by atoms with van der Waals surface area (Å²) in [5.41, 5.74) is 0.874. The molecule has 1 amide bonds. The van der Waals surface area contributed by atoms with Crippen molar-refractivity contribution < 1.29 is 9.90 Å². The van der Waals surface area contributed by atoms with Gasteiger partial charge in [0.2, 0.25) is 0 Å². The summed E-state index contributed by atoms with van der Waals surface area (Å²) in [6, 6.07) is 6.69. The maximum atomic E-state index is 11.9. The minimum absolute atomic E-state index is 0.0458. The van der Waals surface area contributed by atoms with Crippen LogP contribution in [0.5, 0.6) is 5.75 Å². The molecule has 1 aliphatic heterocycles. The van der Waals surface area contributed by atoms with Gasteiger partial charge in [-0.15, -0.1) is 0 Å². The summed E-state index contributed by atoms with van der Waals surface area (Å²) in [5, 5.41) is 9.17. The van der Waals surface area contributed by atoms with E-state index in [1.165, 1.54) is 11.8 Å². The maximum absolute atomic E-state index is 11.9. The Bertz CT molecular complexity index is 494. The first-order valence-corrected chi connectivity index (χ1v) is 6.38. The molecule has 0 atom stereocenters. The molecule has 1 heterocycles. The number of rotatable bonds is 2. The van der Waals surface area contributed by atoms with Crippen molar-refractivity contribution in [1.29, 1.82) is 0 Å². The quantitative estimate of drug-likeness (QED) is 0.659. The molecule has 3 nitrogen and oxygen atoms in total. The van der Waals surface area contributed by atoms with E-state index in [1.807, 2.05) is 6.92 Å². The Morgan fingerprint density at radius 2 is 2.06 bits per heavy atom. The molecule has 0 aliphatic carbocycles. The number of hydrogen-bond acceptors (Lipinski definition) is 4. The van der Waals surface area contributed by atoms with Crippen LogP contribution in [0, 0.1) is 0 Å². The van der Waals surface area contributed by atoms with Gasteiger partial charge in [-0.25, -0.2) is 0 Å². The van der Waals surface area contributed by atoms with E-state index in [4.69, 9.17) is 17.3 Å². The number of aromatic hydroxyl groups is 1. The van der Waals surface area contributed by atoms with Crippen LogP contribution in [0.2, 0.25) is 0 Å². The minimum Gasteiger partial charge on any atom is -0.508 e. The molecule has 0 saturated carbocycles. The molecule has 0 bridgehead atoms. The average molecular weight is 265 g/mol. The fourth-order valence-electron chi connectivity index (χ4n) is 1.49. The van der Waals surface area contributed by atoms with Gasteiger partial charge >= 0.3 is 0 Å². The normalized spacial score (nSPS) is 18.2. The smallest absolute Gasteiger partial charge is 0.266 e. The SMILES string of the molecule is CCN1C(=O)C(=Cc2ccc(O)cc2)SC1=S. The molecular weight excluding hydrogens is 254 g/mol. The second kappa shape index (κ2) is 4.89. The molecular formula is C12H11NO2S2. The average Bonchev–Trinajstić information content (AvgIpc) is 2.57. The molecule has 1 aromatic rings. The summed E-state index contributed by atoms with van der Waals surface area (Å²) >= 11 is 6.43. The van der Waals surface area contributed by atoms with Crippen molar-refractivity contribution in [3.8, 4) is 5.75 Å². The standard InChI is InChI=1S/C12H11NO2S2/c1-2-13-11(15)10(17-12(13)16)7-8-3-5-9(14)6-4-8/h3-7,14H,2H2,1H3. The van der Waals surface area contributed by atoms with Crippen molar-refractivity contribution in [3.63, 3.8) is 0 Å². The van der Waals surface area contributed by atoms with Crippen molar-refractivity contribution in [3.05, 3.63) is 34.7 Å². The van der Waals surface area contributed by atoms with E-state index >= 15 is 0 Å². The molecule has 5 heteroatoms. The molecule has 1 fully saturated rings. The van der Waals surface area contributed by atoms with Gasteiger partial charge in [0.15, 0.2) is 0 Å². The van der Waals surface area contributed by atoms with Gasteiger partial charge in [0.05, 0.1) is 4.91 Å². The largest absolute Gasteiger partial charge is 0.508 e. The lowest BCUT2D eigenvalue weighted by molar-refractivity contribution is -0.121. The predicted molar refractivity (Wildman–Crippen MR) is 73.7 cm³/mol. The zero-order chi connectivity index (χ0) is 12.4. The third kappa shape index (κ3) is 2.50. The lowest BCUT2D eigenvalue weighted by Crippen LogP contribution is -2.27. The molecule has 1 aromatic carbocycles. The van der Waals surface area contributed by atoms with Crippen molar-refractivity contribution in [2.75, 3.05) is 6.54 Å². The van der Waals surface area contributed by atoms with Crippen molar-refractivity contribution >= 4 is 40.3 Å². The number of benzene rings is 1. The molecule has 0 unspecified atom stereocenters. The Balaban J connectivity index is 2.27. The lowest BCUT2D eigenvalue weighted by atomic mass is 10.2. The third-order valence-electron chi connectivity index (χ3n) is 2.38. The fourth-order valence-corrected chi connectivity index (χ4v) is 2.88. The second-order valence-electron chi connectivity index (χ2n) is 3.52. The van der Waals surface area contributed by atoms with Gasteiger partial charge in [-0.05, 0) is 30.7 Å². The van der Waals surface area contributed by atoms with Crippen molar-refractivity contribution in [2.24, 2.45) is 0 Å². The molecule has 1 N–H and O–H groups in total. The number of carbonyl (C=O) groups is 1. The van der Waals surface area contributed by atoms with Crippen molar-refractivity contribution in [2.45, 2.75) is 6.92 Å². The topological polar surface area (TPSA) is 40.5 Å². The summed E-state index contributed by atoms with van der Waals surface area (Å²) in [6.45, 7) is 2.49. The summed E-state index contributed by atoms with van der Waals surface area (Å²) < 4.78 is 0.600. The predicted octanol–water partition coefficient (Wildman–Crippen LogP) is 2.61. The minimum atomic E-state index is -0.0458. The van der Waals surface area contributed by atoms with Crippen LogP contribution in [-0.2, 0) is 4.79 Å². The Morgan fingerprint density at radius 1 is 1.41 bits per heavy atom. The van der Waals surface area contributed by atoms with E-state index in [2.05, 4.69) is 0 Å². The summed E-state index contributed by atoms with van der Waals surface area (Å²) in [6.07, 6.45) is 1.79. The number of phenols is 1. The number of amides is 1. The van der Waals surface area contributed by atoms with Gasteiger partial charge in [0, 0.05) is 6.54 Å². The van der Waals surface area contributed by atoms with Crippen LogP contribution in [0.1, 0.15) is 12.5 Å². The lowest BCUT2D eigenvalue weighted by Gasteiger charge is -2.09. The number of thioether (sulfide) groups is 1. The number of likely N-dealkylation sites (N-methyl/N-ethyl adjacent to an activating group) is 1. The van der Waals surface area contributed by atoms with Gasteiger partial charge in [-0.3, -0.25) is 9.69 Å². The van der Waals surface area contributed by atoms with Crippen LogP contribution >= 0.6 is 24.0 Å². The van der Waals surface area contributed by atoms with E-state index < -0.39 is 0 Å². The summed E-state index contributed by atoms with van der Waals surface area (Å²) in [5.74, 6) is 0.166. The Kier molecular flexibility index (Phi) is 3.49. The first-order valence-electron chi connectivity index (χ1n) is 5.16. The van der Waals surface area contributed by atoms with Gasteiger partial charge < -0.3 is 5.11 Å². The highest BCUT2D eigenvalue weighted by Crippen LogP contribution is 2.32. The Hall–Kier alpha value is -1.33. The monoisotopic (exact) mass is 265 g/mol. The highest BCUT2D eigenvalue weighted by atomic mass is 32.2. The van der Waals surface area contributed by atoms with Crippen LogP contribution in [-0.4, -0.2) is 26.8 Å². The molecule has 88 valence electrons. The van der Waals surface area contributed by atoms with Gasteiger partial charge in [-0.1, -0.05) is 36.1 Å². The highest BCUT2D eigenvalue weighted by Gasteiger charge is 2.30. The number of phenolic OH excluding ortho intramolecular Hbond substituents is 1. The molecule has 1 saturated heterocycles. The third-order valence-corrected chi connectivity index (χ3v) is 3.76. The number of nitrogens with zero attached hydrogens (tertiary/aromatic N) is 1. The Morgan fingerprint density at radius 3 is 2.59 bits per heavy atom.